The number of hydrogen-bond acceptors (Lipinski definition) is 4. The van der Waals surface area contributed by atoms with Crippen LogP contribution in [0.15, 0.2) is 59.4 Å². The monoisotopic (exact) mass is 342 g/mol. The van der Waals surface area contributed by atoms with E-state index in [1.165, 1.54) is 0 Å². The van der Waals surface area contributed by atoms with Gasteiger partial charge in [-0.05, 0) is 17.7 Å². The Morgan fingerprint density at radius 3 is 2.81 bits per heavy atom. The van der Waals surface area contributed by atoms with E-state index in [1.54, 1.807) is 6.07 Å². The summed E-state index contributed by atoms with van der Waals surface area (Å²) in [5.41, 5.74) is 4.22. The number of hydrogen-bond donors (Lipinski definition) is 1. The van der Waals surface area contributed by atoms with Gasteiger partial charge in [-0.2, -0.15) is 5.26 Å². The van der Waals surface area contributed by atoms with Gasteiger partial charge in [0.1, 0.15) is 5.82 Å². The third-order valence-corrected chi connectivity index (χ3v) is 4.66. The standard InChI is InChI=1S/C21H18N4O/c22-12-15-5-4-6-16(11-15)13-25-10-9-19-18(14-25)21(26)24-20(23-19)17-7-2-1-3-8-17/h1-8,11H,9-10,13-14H2,(H,23,24,26). The molecule has 2 heterocycles. The molecule has 0 aliphatic carbocycles. The molecule has 3 aromatic rings. The van der Waals surface area contributed by atoms with Crippen LogP contribution in [0.25, 0.3) is 11.4 Å². The van der Waals surface area contributed by atoms with Crippen LogP contribution in [-0.4, -0.2) is 21.4 Å². The van der Waals surface area contributed by atoms with E-state index in [1.807, 2.05) is 48.5 Å². The zero-order chi connectivity index (χ0) is 17.9. The largest absolute Gasteiger partial charge is 0.306 e. The normalized spacial score (nSPS) is 13.8. The van der Waals surface area contributed by atoms with Crippen LogP contribution in [0, 0.1) is 11.3 Å². The summed E-state index contributed by atoms with van der Waals surface area (Å²) < 4.78 is 0. The van der Waals surface area contributed by atoms with Crippen LogP contribution in [-0.2, 0) is 19.5 Å². The van der Waals surface area contributed by atoms with Crippen molar-refractivity contribution in [2.75, 3.05) is 6.54 Å². The fraction of sp³-hybridized carbons (Fsp3) is 0.190. The van der Waals surface area contributed by atoms with Crippen molar-refractivity contribution in [3.05, 3.63) is 87.3 Å². The van der Waals surface area contributed by atoms with Gasteiger partial charge < -0.3 is 4.98 Å². The van der Waals surface area contributed by atoms with Gasteiger partial charge in [0.15, 0.2) is 0 Å². The van der Waals surface area contributed by atoms with Crippen molar-refractivity contribution in [2.24, 2.45) is 0 Å². The molecule has 0 amide bonds. The van der Waals surface area contributed by atoms with Gasteiger partial charge in [0.25, 0.3) is 5.56 Å². The summed E-state index contributed by atoms with van der Waals surface area (Å²) >= 11 is 0. The highest BCUT2D eigenvalue weighted by atomic mass is 16.1. The Balaban J connectivity index is 1.57. The van der Waals surface area contributed by atoms with E-state index in [-0.39, 0.29) is 5.56 Å². The maximum Gasteiger partial charge on any atom is 0.255 e. The summed E-state index contributed by atoms with van der Waals surface area (Å²) in [7, 11) is 0. The molecule has 5 heteroatoms. The third kappa shape index (κ3) is 3.28. The van der Waals surface area contributed by atoms with Crippen LogP contribution in [0.1, 0.15) is 22.4 Å². The molecule has 1 N–H and O–H groups in total. The molecular formula is C21H18N4O. The summed E-state index contributed by atoms with van der Waals surface area (Å²) in [6.45, 7) is 2.13. The van der Waals surface area contributed by atoms with E-state index in [0.29, 0.717) is 17.9 Å². The van der Waals surface area contributed by atoms with Crippen molar-refractivity contribution in [1.82, 2.24) is 14.9 Å². The predicted octanol–water partition coefficient (Wildman–Crippen LogP) is 2.87. The molecule has 2 aromatic carbocycles. The Labute approximate surface area is 151 Å². The quantitative estimate of drug-likeness (QED) is 0.794. The second-order valence-electron chi connectivity index (χ2n) is 6.48. The number of fused-ring (bicyclic) bond motifs is 1. The Hall–Kier alpha value is -3.23. The lowest BCUT2D eigenvalue weighted by Gasteiger charge is -2.27. The number of H-pyrrole nitrogens is 1. The maximum atomic E-state index is 12.6. The number of benzene rings is 2. The maximum absolute atomic E-state index is 12.6. The lowest BCUT2D eigenvalue weighted by Crippen LogP contribution is -2.35. The average molecular weight is 342 g/mol. The SMILES string of the molecule is N#Cc1cccc(CN2CCc3nc(-c4ccccc4)[nH]c(=O)c3C2)c1. The van der Waals surface area contributed by atoms with Gasteiger partial charge in [-0.1, -0.05) is 42.5 Å². The Morgan fingerprint density at radius 2 is 2.00 bits per heavy atom. The van der Waals surface area contributed by atoms with Gasteiger partial charge >= 0.3 is 0 Å². The first-order valence-electron chi connectivity index (χ1n) is 8.62. The van der Waals surface area contributed by atoms with Crippen molar-refractivity contribution in [2.45, 2.75) is 19.5 Å². The van der Waals surface area contributed by atoms with Gasteiger partial charge in [0.05, 0.1) is 22.9 Å². The zero-order valence-corrected chi connectivity index (χ0v) is 14.3. The summed E-state index contributed by atoms with van der Waals surface area (Å²) in [5.74, 6) is 0.629. The van der Waals surface area contributed by atoms with E-state index in [4.69, 9.17) is 5.26 Å². The van der Waals surface area contributed by atoms with Crippen molar-refractivity contribution in [3.63, 3.8) is 0 Å². The van der Waals surface area contributed by atoms with E-state index >= 15 is 0 Å². The second kappa shape index (κ2) is 6.95. The molecular weight excluding hydrogens is 324 g/mol. The number of rotatable bonds is 3. The van der Waals surface area contributed by atoms with Crippen LogP contribution >= 0.6 is 0 Å². The minimum Gasteiger partial charge on any atom is -0.306 e. The van der Waals surface area contributed by atoms with Crippen LogP contribution in [0.4, 0.5) is 0 Å². The van der Waals surface area contributed by atoms with Gasteiger partial charge in [-0.3, -0.25) is 9.69 Å². The molecule has 0 bridgehead atoms. The van der Waals surface area contributed by atoms with Crippen molar-refractivity contribution < 1.29 is 0 Å². The van der Waals surface area contributed by atoms with Gasteiger partial charge in [-0.15, -0.1) is 0 Å². The molecule has 128 valence electrons. The molecule has 0 spiro atoms. The van der Waals surface area contributed by atoms with Gasteiger partial charge in [0.2, 0.25) is 0 Å². The second-order valence-corrected chi connectivity index (χ2v) is 6.48. The van der Waals surface area contributed by atoms with Crippen LogP contribution in [0.5, 0.6) is 0 Å². The highest BCUT2D eigenvalue weighted by Gasteiger charge is 2.21. The number of nitrogens with zero attached hydrogens (tertiary/aromatic N) is 3. The summed E-state index contributed by atoms with van der Waals surface area (Å²) in [4.78, 5) is 22.4. The highest BCUT2D eigenvalue weighted by molar-refractivity contribution is 5.54. The lowest BCUT2D eigenvalue weighted by atomic mass is 10.0. The van der Waals surface area contributed by atoms with E-state index in [0.717, 1.165) is 41.9 Å². The molecule has 0 fully saturated rings. The Kier molecular flexibility index (Phi) is 4.34. The fourth-order valence-corrected chi connectivity index (χ4v) is 3.35. The molecule has 0 saturated carbocycles. The number of nitriles is 1. The van der Waals surface area contributed by atoms with E-state index in [9.17, 15) is 4.79 Å². The Bertz CT molecular complexity index is 1030. The minimum absolute atomic E-state index is 0.0654. The van der Waals surface area contributed by atoms with Crippen LogP contribution in [0.2, 0.25) is 0 Å². The summed E-state index contributed by atoms with van der Waals surface area (Å²) in [5, 5.41) is 9.04. The molecule has 5 nitrogen and oxygen atoms in total. The van der Waals surface area contributed by atoms with Crippen LogP contribution in [0.3, 0.4) is 0 Å². The van der Waals surface area contributed by atoms with Gasteiger partial charge in [0, 0.05) is 31.6 Å². The average Bonchev–Trinajstić information content (AvgIpc) is 2.69. The first-order valence-corrected chi connectivity index (χ1v) is 8.62. The molecule has 0 saturated heterocycles. The molecule has 0 unspecified atom stereocenters. The molecule has 0 radical (unpaired) electrons. The zero-order valence-electron chi connectivity index (χ0n) is 14.3. The predicted molar refractivity (Wildman–Crippen MR) is 99.3 cm³/mol. The highest BCUT2D eigenvalue weighted by Crippen LogP contribution is 2.20. The molecule has 1 aliphatic rings. The number of aromatic amines is 1. The number of aromatic nitrogens is 2. The molecule has 0 atom stereocenters. The van der Waals surface area contributed by atoms with Crippen molar-refractivity contribution in [3.8, 4) is 17.5 Å². The number of nitrogens with one attached hydrogen (secondary N) is 1. The fourth-order valence-electron chi connectivity index (χ4n) is 3.35. The summed E-state index contributed by atoms with van der Waals surface area (Å²) in [6, 6.07) is 19.5. The third-order valence-electron chi connectivity index (χ3n) is 4.66. The Morgan fingerprint density at radius 1 is 1.15 bits per heavy atom. The van der Waals surface area contributed by atoms with Crippen LogP contribution < -0.4 is 5.56 Å². The molecule has 1 aromatic heterocycles. The van der Waals surface area contributed by atoms with Crippen molar-refractivity contribution >= 4 is 0 Å². The molecule has 1 aliphatic heterocycles. The smallest absolute Gasteiger partial charge is 0.255 e. The first-order chi connectivity index (χ1) is 12.7. The molecule has 26 heavy (non-hydrogen) atoms. The van der Waals surface area contributed by atoms with Gasteiger partial charge in [-0.25, -0.2) is 4.98 Å². The molecule has 4 rings (SSSR count). The van der Waals surface area contributed by atoms with E-state index < -0.39 is 0 Å². The minimum atomic E-state index is -0.0654. The lowest BCUT2D eigenvalue weighted by molar-refractivity contribution is 0.242. The first kappa shape index (κ1) is 16.2. The van der Waals surface area contributed by atoms with Crippen molar-refractivity contribution in [1.29, 1.82) is 5.26 Å². The van der Waals surface area contributed by atoms with E-state index in [2.05, 4.69) is 20.9 Å². The topological polar surface area (TPSA) is 72.8 Å². The summed E-state index contributed by atoms with van der Waals surface area (Å²) in [6.07, 6.45) is 0.747.